The maximum absolute atomic E-state index is 5.83. The van der Waals surface area contributed by atoms with Gasteiger partial charge in [0.25, 0.3) is 0 Å². The van der Waals surface area contributed by atoms with Gasteiger partial charge in [-0.25, -0.2) is 9.67 Å². The van der Waals surface area contributed by atoms with Crippen LogP contribution in [0, 0.1) is 0 Å². The SMILES string of the molecule is CCn1ncc2cc(C3=NOC4(CCCCC4)C3)cnc21. The van der Waals surface area contributed by atoms with E-state index in [1.165, 1.54) is 19.3 Å². The second-order valence-electron chi connectivity index (χ2n) is 6.15. The highest BCUT2D eigenvalue weighted by atomic mass is 16.7. The molecule has 1 fully saturated rings. The van der Waals surface area contributed by atoms with Gasteiger partial charge < -0.3 is 4.84 Å². The lowest BCUT2D eigenvalue weighted by Crippen LogP contribution is -2.31. The van der Waals surface area contributed by atoms with E-state index in [1.54, 1.807) is 0 Å². The Morgan fingerprint density at radius 3 is 2.90 bits per heavy atom. The molecule has 1 aliphatic carbocycles. The first-order chi connectivity index (χ1) is 10.3. The smallest absolute Gasteiger partial charge is 0.157 e. The molecule has 3 heterocycles. The van der Waals surface area contributed by atoms with Gasteiger partial charge in [0.05, 0.1) is 11.9 Å². The summed E-state index contributed by atoms with van der Waals surface area (Å²) in [5, 5.41) is 9.78. The van der Waals surface area contributed by atoms with Gasteiger partial charge in [-0.05, 0) is 38.7 Å². The van der Waals surface area contributed by atoms with Crippen molar-refractivity contribution in [3.05, 3.63) is 24.0 Å². The Labute approximate surface area is 124 Å². The van der Waals surface area contributed by atoms with E-state index in [-0.39, 0.29) is 5.60 Å². The zero-order valence-corrected chi connectivity index (χ0v) is 12.4. The van der Waals surface area contributed by atoms with Crippen molar-refractivity contribution in [2.24, 2.45) is 5.16 Å². The highest BCUT2D eigenvalue weighted by molar-refractivity contribution is 6.03. The molecule has 0 saturated heterocycles. The zero-order chi connectivity index (χ0) is 14.3. The van der Waals surface area contributed by atoms with Gasteiger partial charge in [0, 0.05) is 30.1 Å². The Hall–Kier alpha value is -1.91. The molecule has 1 spiro atoms. The van der Waals surface area contributed by atoms with Crippen molar-refractivity contribution < 1.29 is 4.84 Å². The third-order valence-corrected chi connectivity index (χ3v) is 4.71. The Bertz CT molecular complexity index is 697. The lowest BCUT2D eigenvalue weighted by molar-refractivity contribution is -0.0449. The van der Waals surface area contributed by atoms with Crippen LogP contribution in [-0.2, 0) is 11.4 Å². The number of aryl methyl sites for hydroxylation is 1. The quantitative estimate of drug-likeness (QED) is 0.850. The summed E-state index contributed by atoms with van der Waals surface area (Å²) >= 11 is 0. The molecule has 1 saturated carbocycles. The molecular formula is C16H20N4O. The number of hydrogen-bond acceptors (Lipinski definition) is 4. The van der Waals surface area contributed by atoms with Crippen molar-refractivity contribution in [1.82, 2.24) is 14.8 Å². The molecule has 4 rings (SSSR count). The van der Waals surface area contributed by atoms with Crippen molar-refractivity contribution in [2.45, 2.75) is 57.6 Å². The average Bonchev–Trinajstić information content (AvgIpc) is 3.12. The van der Waals surface area contributed by atoms with Crippen LogP contribution in [0.4, 0.5) is 0 Å². The van der Waals surface area contributed by atoms with Crippen LogP contribution in [0.1, 0.15) is 51.0 Å². The van der Waals surface area contributed by atoms with Crippen molar-refractivity contribution in [3.8, 4) is 0 Å². The Kier molecular flexibility index (Phi) is 2.94. The molecular weight excluding hydrogens is 264 g/mol. The molecule has 0 N–H and O–H groups in total. The van der Waals surface area contributed by atoms with E-state index in [0.29, 0.717) is 0 Å². The van der Waals surface area contributed by atoms with Gasteiger partial charge in [0.2, 0.25) is 0 Å². The molecule has 0 aromatic carbocycles. The van der Waals surface area contributed by atoms with Crippen molar-refractivity contribution >= 4 is 16.7 Å². The van der Waals surface area contributed by atoms with E-state index >= 15 is 0 Å². The van der Waals surface area contributed by atoms with Crippen LogP contribution in [0.25, 0.3) is 11.0 Å². The number of oxime groups is 1. The minimum atomic E-state index is -0.0316. The van der Waals surface area contributed by atoms with Crippen molar-refractivity contribution in [3.63, 3.8) is 0 Å². The highest BCUT2D eigenvalue weighted by Crippen LogP contribution is 2.39. The molecule has 2 aliphatic rings. The second kappa shape index (κ2) is 4.83. The molecule has 0 atom stereocenters. The van der Waals surface area contributed by atoms with Gasteiger partial charge in [0.1, 0.15) is 5.60 Å². The van der Waals surface area contributed by atoms with Crippen LogP contribution >= 0.6 is 0 Å². The molecule has 110 valence electrons. The first kappa shape index (κ1) is 12.8. The van der Waals surface area contributed by atoms with Gasteiger partial charge in [0.15, 0.2) is 5.65 Å². The standard InChI is InChI=1S/C16H20N4O/c1-2-20-15-13(11-18-20)8-12(10-17-15)14-9-16(21-19-14)6-4-3-5-7-16/h8,10-11H,2-7,9H2,1H3. The molecule has 0 radical (unpaired) electrons. The van der Waals surface area contributed by atoms with E-state index in [4.69, 9.17) is 4.84 Å². The molecule has 0 bridgehead atoms. The average molecular weight is 284 g/mol. The lowest BCUT2D eigenvalue weighted by atomic mass is 9.81. The van der Waals surface area contributed by atoms with Gasteiger partial charge >= 0.3 is 0 Å². The minimum Gasteiger partial charge on any atom is -0.389 e. The first-order valence-electron chi connectivity index (χ1n) is 7.87. The second-order valence-corrected chi connectivity index (χ2v) is 6.15. The van der Waals surface area contributed by atoms with Gasteiger partial charge in [-0.1, -0.05) is 11.6 Å². The van der Waals surface area contributed by atoms with Gasteiger partial charge in [-0.15, -0.1) is 0 Å². The van der Waals surface area contributed by atoms with E-state index in [2.05, 4.69) is 28.2 Å². The van der Waals surface area contributed by atoms with Crippen LogP contribution in [0.3, 0.4) is 0 Å². The lowest BCUT2D eigenvalue weighted by Gasteiger charge is -2.30. The molecule has 21 heavy (non-hydrogen) atoms. The summed E-state index contributed by atoms with van der Waals surface area (Å²) in [6.07, 6.45) is 10.8. The van der Waals surface area contributed by atoms with E-state index in [1.807, 2.05) is 17.1 Å². The summed E-state index contributed by atoms with van der Waals surface area (Å²) in [5.74, 6) is 0. The predicted octanol–water partition coefficient (Wildman–Crippen LogP) is 3.28. The Morgan fingerprint density at radius 2 is 2.10 bits per heavy atom. The number of hydrogen-bond donors (Lipinski definition) is 0. The highest BCUT2D eigenvalue weighted by Gasteiger charge is 2.40. The summed E-state index contributed by atoms with van der Waals surface area (Å²) in [6.45, 7) is 2.91. The largest absolute Gasteiger partial charge is 0.389 e. The summed E-state index contributed by atoms with van der Waals surface area (Å²) in [4.78, 5) is 10.4. The number of fused-ring (bicyclic) bond motifs is 1. The number of pyridine rings is 1. The van der Waals surface area contributed by atoms with Gasteiger partial charge in [-0.3, -0.25) is 0 Å². The molecule has 2 aromatic heterocycles. The van der Waals surface area contributed by atoms with Crippen molar-refractivity contribution in [2.75, 3.05) is 0 Å². The zero-order valence-electron chi connectivity index (χ0n) is 12.4. The van der Waals surface area contributed by atoms with E-state index in [9.17, 15) is 0 Å². The fourth-order valence-electron chi connectivity index (χ4n) is 3.50. The fourth-order valence-corrected chi connectivity index (χ4v) is 3.50. The first-order valence-corrected chi connectivity index (χ1v) is 7.87. The van der Waals surface area contributed by atoms with Crippen LogP contribution in [0.5, 0.6) is 0 Å². The third-order valence-electron chi connectivity index (χ3n) is 4.71. The summed E-state index contributed by atoms with van der Waals surface area (Å²) in [6, 6.07) is 2.13. The maximum atomic E-state index is 5.83. The van der Waals surface area contributed by atoms with Crippen LogP contribution in [0.2, 0.25) is 0 Å². The Balaban J connectivity index is 1.62. The maximum Gasteiger partial charge on any atom is 0.157 e. The molecule has 5 heteroatoms. The topological polar surface area (TPSA) is 52.3 Å². The van der Waals surface area contributed by atoms with Crippen LogP contribution in [-0.4, -0.2) is 26.1 Å². The summed E-state index contributed by atoms with van der Waals surface area (Å²) in [7, 11) is 0. The monoisotopic (exact) mass is 284 g/mol. The van der Waals surface area contributed by atoms with Gasteiger partial charge in [-0.2, -0.15) is 5.10 Å². The normalized spacial score (nSPS) is 20.7. The molecule has 5 nitrogen and oxygen atoms in total. The summed E-state index contributed by atoms with van der Waals surface area (Å²) in [5.41, 5.74) is 3.01. The third kappa shape index (κ3) is 2.11. The van der Waals surface area contributed by atoms with Crippen LogP contribution < -0.4 is 0 Å². The molecule has 2 aromatic rings. The molecule has 0 unspecified atom stereocenters. The number of nitrogens with zero attached hydrogens (tertiary/aromatic N) is 4. The van der Waals surface area contributed by atoms with E-state index in [0.717, 1.165) is 48.1 Å². The fraction of sp³-hybridized carbons (Fsp3) is 0.562. The summed E-state index contributed by atoms with van der Waals surface area (Å²) < 4.78 is 1.91. The number of rotatable bonds is 2. The van der Waals surface area contributed by atoms with E-state index < -0.39 is 0 Å². The predicted molar refractivity (Wildman–Crippen MR) is 81.3 cm³/mol. The molecule has 1 aliphatic heterocycles. The number of aromatic nitrogens is 3. The minimum absolute atomic E-state index is 0.0316. The molecule has 0 amide bonds. The van der Waals surface area contributed by atoms with Crippen molar-refractivity contribution in [1.29, 1.82) is 0 Å². The Morgan fingerprint density at radius 1 is 1.24 bits per heavy atom. The van der Waals surface area contributed by atoms with Crippen LogP contribution in [0.15, 0.2) is 23.6 Å².